The van der Waals surface area contributed by atoms with Gasteiger partial charge in [-0.1, -0.05) is 6.92 Å². The monoisotopic (exact) mass is 223 g/mol. The SMILES string of the molecule is CCC1CCCN1c1cc(F)cc(CO)c1. The number of hydrogen-bond acceptors (Lipinski definition) is 2. The van der Waals surface area contributed by atoms with Gasteiger partial charge in [-0.25, -0.2) is 4.39 Å². The van der Waals surface area contributed by atoms with E-state index in [1.165, 1.54) is 18.9 Å². The van der Waals surface area contributed by atoms with Crippen molar-refractivity contribution in [2.45, 2.75) is 38.8 Å². The van der Waals surface area contributed by atoms with E-state index in [9.17, 15) is 4.39 Å². The number of halogens is 1. The fourth-order valence-corrected chi connectivity index (χ4v) is 2.49. The Labute approximate surface area is 95.7 Å². The van der Waals surface area contributed by atoms with Crippen LogP contribution in [0, 0.1) is 5.82 Å². The second-order valence-corrected chi connectivity index (χ2v) is 4.37. The Hall–Kier alpha value is -1.09. The standard InChI is InChI=1S/C13H18FNO/c1-2-12-4-3-5-15(12)13-7-10(9-16)6-11(14)8-13/h6-8,12,16H,2-5,9H2,1H3. The van der Waals surface area contributed by atoms with Gasteiger partial charge in [0, 0.05) is 18.3 Å². The minimum Gasteiger partial charge on any atom is -0.392 e. The molecule has 0 amide bonds. The highest BCUT2D eigenvalue weighted by Gasteiger charge is 2.23. The second-order valence-electron chi connectivity index (χ2n) is 4.37. The molecule has 0 radical (unpaired) electrons. The highest BCUT2D eigenvalue weighted by molar-refractivity contribution is 5.50. The van der Waals surface area contributed by atoms with Crippen molar-refractivity contribution < 1.29 is 9.50 Å². The minimum absolute atomic E-state index is 0.102. The molecule has 1 aromatic rings. The van der Waals surface area contributed by atoms with Gasteiger partial charge in [0.25, 0.3) is 0 Å². The summed E-state index contributed by atoms with van der Waals surface area (Å²) in [5.74, 6) is -0.261. The normalized spacial score (nSPS) is 20.4. The van der Waals surface area contributed by atoms with Crippen LogP contribution in [0.2, 0.25) is 0 Å². The van der Waals surface area contributed by atoms with Gasteiger partial charge in [-0.2, -0.15) is 0 Å². The van der Waals surface area contributed by atoms with E-state index in [2.05, 4.69) is 11.8 Å². The molecule has 0 aliphatic carbocycles. The summed E-state index contributed by atoms with van der Waals surface area (Å²) in [6, 6.07) is 5.36. The first-order valence-electron chi connectivity index (χ1n) is 5.91. The molecular weight excluding hydrogens is 205 g/mol. The predicted octanol–water partition coefficient (Wildman–Crippen LogP) is 2.70. The number of aliphatic hydroxyl groups excluding tert-OH is 1. The molecule has 1 N–H and O–H groups in total. The van der Waals surface area contributed by atoms with Gasteiger partial charge < -0.3 is 10.0 Å². The first-order valence-corrected chi connectivity index (χ1v) is 5.91. The maximum absolute atomic E-state index is 13.4. The number of hydrogen-bond donors (Lipinski definition) is 1. The van der Waals surface area contributed by atoms with E-state index in [1.54, 1.807) is 6.07 Å². The molecule has 2 nitrogen and oxygen atoms in total. The Kier molecular flexibility index (Phi) is 3.44. The van der Waals surface area contributed by atoms with Crippen molar-refractivity contribution in [3.63, 3.8) is 0 Å². The maximum atomic E-state index is 13.4. The lowest BCUT2D eigenvalue weighted by molar-refractivity contribution is 0.281. The molecule has 3 heteroatoms. The lowest BCUT2D eigenvalue weighted by Gasteiger charge is -2.26. The Bertz CT molecular complexity index is 367. The Balaban J connectivity index is 2.28. The van der Waals surface area contributed by atoms with E-state index >= 15 is 0 Å². The van der Waals surface area contributed by atoms with Crippen LogP contribution < -0.4 is 4.90 Å². The quantitative estimate of drug-likeness (QED) is 0.851. The van der Waals surface area contributed by atoms with Gasteiger partial charge in [0.15, 0.2) is 0 Å². The smallest absolute Gasteiger partial charge is 0.125 e. The van der Waals surface area contributed by atoms with E-state index < -0.39 is 0 Å². The summed E-state index contributed by atoms with van der Waals surface area (Å²) in [4.78, 5) is 2.25. The lowest BCUT2D eigenvalue weighted by atomic mass is 10.1. The molecular formula is C13H18FNO. The van der Waals surface area contributed by atoms with Crippen molar-refractivity contribution >= 4 is 5.69 Å². The van der Waals surface area contributed by atoms with Crippen LogP contribution in [0.25, 0.3) is 0 Å². The average molecular weight is 223 g/mol. The highest BCUT2D eigenvalue weighted by Crippen LogP contribution is 2.28. The molecule has 1 atom stereocenters. The van der Waals surface area contributed by atoms with Crippen molar-refractivity contribution in [3.05, 3.63) is 29.6 Å². The van der Waals surface area contributed by atoms with Gasteiger partial charge in [-0.05, 0) is 43.0 Å². The fourth-order valence-electron chi connectivity index (χ4n) is 2.49. The summed E-state index contributed by atoms with van der Waals surface area (Å²) >= 11 is 0. The summed E-state index contributed by atoms with van der Waals surface area (Å²) in [6.45, 7) is 3.05. The lowest BCUT2D eigenvalue weighted by Crippen LogP contribution is -2.28. The molecule has 1 fully saturated rings. The van der Waals surface area contributed by atoms with Crippen LogP contribution in [0.3, 0.4) is 0 Å². The highest BCUT2D eigenvalue weighted by atomic mass is 19.1. The third-order valence-corrected chi connectivity index (χ3v) is 3.30. The molecule has 0 spiro atoms. The Morgan fingerprint density at radius 2 is 2.25 bits per heavy atom. The van der Waals surface area contributed by atoms with E-state index in [4.69, 9.17) is 5.11 Å². The molecule has 2 rings (SSSR count). The van der Waals surface area contributed by atoms with Crippen LogP contribution in [0.1, 0.15) is 31.7 Å². The maximum Gasteiger partial charge on any atom is 0.125 e. The Morgan fingerprint density at radius 1 is 1.44 bits per heavy atom. The van der Waals surface area contributed by atoms with E-state index in [0.29, 0.717) is 11.6 Å². The predicted molar refractivity (Wildman–Crippen MR) is 63.0 cm³/mol. The molecule has 1 saturated heterocycles. The molecule has 1 aliphatic heterocycles. The van der Waals surface area contributed by atoms with E-state index in [-0.39, 0.29) is 12.4 Å². The van der Waals surface area contributed by atoms with E-state index in [0.717, 1.165) is 18.7 Å². The van der Waals surface area contributed by atoms with Crippen molar-refractivity contribution in [1.82, 2.24) is 0 Å². The summed E-state index contributed by atoms with van der Waals surface area (Å²) in [5.41, 5.74) is 1.56. The van der Waals surface area contributed by atoms with Crippen LogP contribution in [0.4, 0.5) is 10.1 Å². The van der Waals surface area contributed by atoms with Gasteiger partial charge in [-0.15, -0.1) is 0 Å². The first kappa shape index (κ1) is 11.4. The van der Waals surface area contributed by atoms with Crippen LogP contribution in [0.15, 0.2) is 18.2 Å². The number of benzene rings is 1. The van der Waals surface area contributed by atoms with Gasteiger partial charge in [0.2, 0.25) is 0 Å². The molecule has 1 aromatic carbocycles. The van der Waals surface area contributed by atoms with Gasteiger partial charge in [0.1, 0.15) is 5.82 Å². The fraction of sp³-hybridized carbons (Fsp3) is 0.538. The summed E-state index contributed by atoms with van der Waals surface area (Å²) < 4.78 is 13.4. The third kappa shape index (κ3) is 2.19. The van der Waals surface area contributed by atoms with E-state index in [1.807, 2.05) is 6.07 Å². The van der Waals surface area contributed by atoms with Gasteiger partial charge >= 0.3 is 0 Å². The second kappa shape index (κ2) is 4.83. The first-order chi connectivity index (χ1) is 7.74. The molecule has 1 heterocycles. The minimum atomic E-state index is -0.261. The van der Waals surface area contributed by atoms with Crippen LogP contribution >= 0.6 is 0 Å². The molecule has 1 unspecified atom stereocenters. The van der Waals surface area contributed by atoms with Crippen molar-refractivity contribution in [2.75, 3.05) is 11.4 Å². The molecule has 88 valence electrons. The largest absolute Gasteiger partial charge is 0.392 e. The molecule has 16 heavy (non-hydrogen) atoms. The zero-order valence-corrected chi connectivity index (χ0v) is 9.62. The summed E-state index contributed by atoms with van der Waals surface area (Å²) in [6.07, 6.45) is 3.44. The molecule has 1 aliphatic rings. The van der Waals surface area contributed by atoms with Gasteiger partial charge in [-0.3, -0.25) is 0 Å². The Morgan fingerprint density at radius 3 is 2.94 bits per heavy atom. The number of anilines is 1. The number of aliphatic hydroxyl groups is 1. The zero-order chi connectivity index (χ0) is 11.5. The number of nitrogens with zero attached hydrogens (tertiary/aromatic N) is 1. The summed E-state index contributed by atoms with van der Waals surface area (Å²) in [5, 5.41) is 9.07. The van der Waals surface area contributed by atoms with Crippen molar-refractivity contribution in [1.29, 1.82) is 0 Å². The van der Waals surface area contributed by atoms with Crippen LogP contribution in [-0.4, -0.2) is 17.7 Å². The zero-order valence-electron chi connectivity index (χ0n) is 9.62. The topological polar surface area (TPSA) is 23.5 Å². The molecule has 0 aromatic heterocycles. The van der Waals surface area contributed by atoms with Crippen LogP contribution in [0.5, 0.6) is 0 Å². The number of rotatable bonds is 3. The van der Waals surface area contributed by atoms with Crippen LogP contribution in [-0.2, 0) is 6.61 Å². The summed E-state index contributed by atoms with van der Waals surface area (Å²) in [7, 11) is 0. The molecule has 0 bridgehead atoms. The average Bonchev–Trinajstić information content (AvgIpc) is 2.76. The third-order valence-electron chi connectivity index (χ3n) is 3.30. The molecule has 0 saturated carbocycles. The van der Waals surface area contributed by atoms with Crippen molar-refractivity contribution in [2.24, 2.45) is 0 Å². The van der Waals surface area contributed by atoms with Crippen molar-refractivity contribution in [3.8, 4) is 0 Å². The van der Waals surface area contributed by atoms with Gasteiger partial charge in [0.05, 0.1) is 6.61 Å².